The first-order valence-electron chi connectivity index (χ1n) is 10.4. The molecule has 1 N–H and O–H groups in total. The molecule has 2 aromatic rings. The van der Waals surface area contributed by atoms with E-state index in [9.17, 15) is 26.4 Å². The summed E-state index contributed by atoms with van der Waals surface area (Å²) in [6.45, 7) is 2.63. The van der Waals surface area contributed by atoms with Crippen molar-refractivity contribution >= 4 is 15.9 Å². The molecule has 1 fully saturated rings. The number of ether oxygens (including phenoxy) is 1. The van der Waals surface area contributed by atoms with Crippen LogP contribution in [-0.4, -0.2) is 63.2 Å². The van der Waals surface area contributed by atoms with Crippen LogP contribution in [0.2, 0.25) is 0 Å². The maximum absolute atomic E-state index is 12.8. The highest BCUT2D eigenvalue weighted by Gasteiger charge is 2.31. The smallest absolute Gasteiger partial charge is 0.406 e. The van der Waals surface area contributed by atoms with Crippen molar-refractivity contribution in [3.63, 3.8) is 0 Å². The van der Waals surface area contributed by atoms with Crippen LogP contribution in [-0.2, 0) is 16.6 Å². The second-order valence-electron chi connectivity index (χ2n) is 7.59. The number of nitrogens with one attached hydrogen (secondary N) is 1. The van der Waals surface area contributed by atoms with Gasteiger partial charge in [-0.05, 0) is 42.0 Å². The Kier molecular flexibility index (Phi) is 8.14. The summed E-state index contributed by atoms with van der Waals surface area (Å²) in [4.78, 5) is 16.6. The van der Waals surface area contributed by atoms with Crippen molar-refractivity contribution in [3.05, 3.63) is 59.7 Å². The highest BCUT2D eigenvalue weighted by molar-refractivity contribution is 7.89. The van der Waals surface area contributed by atoms with Crippen molar-refractivity contribution in [1.29, 1.82) is 5.26 Å². The molecule has 1 heterocycles. The topological polar surface area (TPSA) is 103 Å². The first kappa shape index (κ1) is 25.5. The zero-order valence-corrected chi connectivity index (χ0v) is 18.9. The van der Waals surface area contributed by atoms with E-state index >= 15 is 0 Å². The molecule has 0 aromatic heterocycles. The molecule has 1 amide bonds. The standard InChI is InChI=1S/C22H23F3N4O4S/c23-22(24,25)33-19-6-2-17(3-7-19)16-28-12-14-29(15-13-28)21(30)18-4-8-20(9-5-18)34(31,32)27-11-1-10-26/h2-9,27H,1,11-16H2. The molecule has 0 unspecified atom stereocenters. The van der Waals surface area contributed by atoms with E-state index in [1.54, 1.807) is 17.0 Å². The van der Waals surface area contributed by atoms with Gasteiger partial charge in [-0.3, -0.25) is 9.69 Å². The van der Waals surface area contributed by atoms with E-state index < -0.39 is 16.4 Å². The van der Waals surface area contributed by atoms with Gasteiger partial charge in [-0.15, -0.1) is 13.2 Å². The fraction of sp³-hybridized carbons (Fsp3) is 0.364. The molecule has 12 heteroatoms. The second kappa shape index (κ2) is 10.9. The molecule has 0 saturated carbocycles. The summed E-state index contributed by atoms with van der Waals surface area (Å²) in [5.41, 5.74) is 1.19. The van der Waals surface area contributed by atoms with E-state index in [4.69, 9.17) is 5.26 Å². The quantitative estimate of drug-likeness (QED) is 0.564. The first-order valence-corrected chi connectivity index (χ1v) is 11.9. The van der Waals surface area contributed by atoms with E-state index in [1.807, 2.05) is 6.07 Å². The van der Waals surface area contributed by atoms with Gasteiger partial charge in [0.15, 0.2) is 0 Å². The van der Waals surface area contributed by atoms with Gasteiger partial charge in [-0.25, -0.2) is 13.1 Å². The van der Waals surface area contributed by atoms with Gasteiger partial charge in [-0.1, -0.05) is 12.1 Å². The number of halogens is 3. The van der Waals surface area contributed by atoms with Crippen molar-refractivity contribution in [2.24, 2.45) is 0 Å². The molecular formula is C22H23F3N4O4S. The average molecular weight is 497 g/mol. The predicted molar refractivity (Wildman–Crippen MR) is 116 cm³/mol. The summed E-state index contributed by atoms with van der Waals surface area (Å²) >= 11 is 0. The van der Waals surface area contributed by atoms with E-state index in [0.29, 0.717) is 38.3 Å². The molecular weight excluding hydrogens is 473 g/mol. The maximum Gasteiger partial charge on any atom is 0.573 e. The SMILES string of the molecule is N#CCCNS(=O)(=O)c1ccc(C(=O)N2CCN(Cc3ccc(OC(F)(F)F)cc3)CC2)cc1. The zero-order chi connectivity index (χ0) is 24.8. The maximum atomic E-state index is 12.8. The fourth-order valence-corrected chi connectivity index (χ4v) is 4.48. The molecule has 0 bridgehead atoms. The van der Waals surface area contributed by atoms with Crippen LogP contribution in [0.1, 0.15) is 22.3 Å². The number of alkyl halides is 3. The van der Waals surface area contributed by atoms with Crippen LogP contribution in [0.5, 0.6) is 5.75 Å². The number of rotatable bonds is 8. The van der Waals surface area contributed by atoms with Crippen molar-refractivity contribution in [2.45, 2.75) is 24.2 Å². The molecule has 34 heavy (non-hydrogen) atoms. The number of hydrogen-bond donors (Lipinski definition) is 1. The van der Waals surface area contributed by atoms with E-state index in [2.05, 4.69) is 14.4 Å². The van der Waals surface area contributed by atoms with E-state index in [0.717, 1.165) is 5.56 Å². The molecule has 8 nitrogen and oxygen atoms in total. The van der Waals surface area contributed by atoms with Crippen LogP contribution >= 0.6 is 0 Å². The summed E-state index contributed by atoms with van der Waals surface area (Å²) in [6, 6.07) is 13.2. The van der Waals surface area contributed by atoms with Gasteiger partial charge in [-0.2, -0.15) is 5.26 Å². The normalized spacial score (nSPS) is 15.1. The second-order valence-corrected chi connectivity index (χ2v) is 9.36. The number of piperazine rings is 1. The summed E-state index contributed by atoms with van der Waals surface area (Å²) in [5, 5.41) is 8.52. The lowest BCUT2D eigenvalue weighted by atomic mass is 10.1. The number of nitriles is 1. The Morgan fingerprint density at radius 1 is 1.03 bits per heavy atom. The molecule has 1 aliphatic heterocycles. The van der Waals surface area contributed by atoms with Gasteiger partial charge < -0.3 is 9.64 Å². The third kappa shape index (κ3) is 7.18. The van der Waals surface area contributed by atoms with Gasteiger partial charge in [0.1, 0.15) is 5.75 Å². The molecule has 0 radical (unpaired) electrons. The lowest BCUT2D eigenvalue weighted by Gasteiger charge is -2.34. The van der Waals surface area contributed by atoms with E-state index in [1.165, 1.54) is 36.4 Å². The molecule has 1 saturated heterocycles. The Bertz CT molecular complexity index is 1120. The fourth-order valence-electron chi connectivity index (χ4n) is 3.45. The molecule has 0 atom stereocenters. The van der Waals surface area contributed by atoms with Crippen LogP contribution < -0.4 is 9.46 Å². The van der Waals surface area contributed by atoms with Gasteiger partial charge in [0, 0.05) is 51.3 Å². The van der Waals surface area contributed by atoms with Crippen LogP contribution in [0.3, 0.4) is 0 Å². The number of amides is 1. The summed E-state index contributed by atoms with van der Waals surface area (Å²) in [5.74, 6) is -0.488. The third-order valence-electron chi connectivity index (χ3n) is 5.16. The van der Waals surface area contributed by atoms with Crippen molar-refractivity contribution in [2.75, 3.05) is 32.7 Å². The minimum Gasteiger partial charge on any atom is -0.406 e. The largest absolute Gasteiger partial charge is 0.573 e. The Balaban J connectivity index is 1.51. The van der Waals surface area contributed by atoms with Crippen LogP contribution in [0.15, 0.2) is 53.4 Å². The highest BCUT2D eigenvalue weighted by atomic mass is 32.2. The Hall–Kier alpha value is -3.14. The van der Waals surface area contributed by atoms with Crippen molar-refractivity contribution < 1.29 is 31.1 Å². The van der Waals surface area contributed by atoms with Crippen LogP contribution in [0.25, 0.3) is 0 Å². The molecule has 0 aliphatic carbocycles. The number of benzene rings is 2. The molecule has 1 aliphatic rings. The number of hydrogen-bond acceptors (Lipinski definition) is 6. The molecule has 182 valence electrons. The number of nitrogens with zero attached hydrogens (tertiary/aromatic N) is 3. The van der Waals surface area contributed by atoms with Crippen LogP contribution in [0, 0.1) is 11.3 Å². The van der Waals surface area contributed by atoms with Crippen molar-refractivity contribution in [3.8, 4) is 11.8 Å². The lowest BCUT2D eigenvalue weighted by molar-refractivity contribution is -0.274. The summed E-state index contributed by atoms with van der Waals surface area (Å²) < 4.78 is 67.3. The van der Waals surface area contributed by atoms with E-state index in [-0.39, 0.29) is 29.5 Å². The average Bonchev–Trinajstić information content (AvgIpc) is 2.80. The number of carbonyl (C=O) groups is 1. The number of carbonyl (C=O) groups excluding carboxylic acids is 1. The van der Waals surface area contributed by atoms with Gasteiger partial charge >= 0.3 is 6.36 Å². The Labute approximate surface area is 195 Å². The summed E-state index contributed by atoms with van der Waals surface area (Å²) in [7, 11) is -3.74. The zero-order valence-electron chi connectivity index (χ0n) is 18.1. The Morgan fingerprint density at radius 2 is 1.65 bits per heavy atom. The molecule has 3 rings (SSSR count). The number of sulfonamides is 1. The molecule has 2 aromatic carbocycles. The predicted octanol–water partition coefficient (Wildman–Crippen LogP) is 2.74. The van der Waals surface area contributed by atoms with Crippen molar-refractivity contribution in [1.82, 2.24) is 14.5 Å². The highest BCUT2D eigenvalue weighted by Crippen LogP contribution is 2.23. The monoisotopic (exact) mass is 496 g/mol. The first-order chi connectivity index (χ1) is 16.1. The minimum absolute atomic E-state index is 0.00920. The van der Waals surface area contributed by atoms with Gasteiger partial charge in [0.25, 0.3) is 5.91 Å². The summed E-state index contributed by atoms with van der Waals surface area (Å²) in [6.07, 6.45) is -4.67. The Morgan fingerprint density at radius 3 is 2.21 bits per heavy atom. The van der Waals surface area contributed by atoms with Gasteiger partial charge in [0.05, 0.1) is 11.0 Å². The molecule has 0 spiro atoms. The van der Waals surface area contributed by atoms with Gasteiger partial charge in [0.2, 0.25) is 10.0 Å². The third-order valence-corrected chi connectivity index (χ3v) is 6.64. The lowest BCUT2D eigenvalue weighted by Crippen LogP contribution is -2.48. The van der Waals surface area contributed by atoms with Crippen LogP contribution in [0.4, 0.5) is 13.2 Å². The minimum atomic E-state index is -4.73.